The third kappa shape index (κ3) is 15.6. The Bertz CT molecular complexity index is 518. The number of likely N-dealkylation sites (N-methyl/N-ethyl adjacent to an activating group) is 1. The minimum absolute atomic E-state index is 0. The van der Waals surface area contributed by atoms with E-state index in [0.29, 0.717) is 0 Å². The molecule has 0 bridgehead atoms. The van der Waals surface area contributed by atoms with Crippen molar-refractivity contribution >= 4 is 30.1 Å². The van der Waals surface area contributed by atoms with E-state index >= 15 is 0 Å². The van der Waals surface area contributed by atoms with Crippen molar-refractivity contribution in [1.29, 1.82) is 0 Å². The fourth-order valence-electron chi connectivity index (χ4n) is 2.20. The molecule has 0 spiro atoms. The molecule has 13 heteroatoms. The zero-order valence-electron chi connectivity index (χ0n) is 15.6. The van der Waals surface area contributed by atoms with Gasteiger partial charge in [0.25, 0.3) is 0 Å². The van der Waals surface area contributed by atoms with E-state index in [1.807, 2.05) is 0 Å². The van der Waals surface area contributed by atoms with Crippen LogP contribution in [0.5, 0.6) is 0 Å². The van der Waals surface area contributed by atoms with Crippen LogP contribution in [0.25, 0.3) is 0 Å². The Hall–Kier alpha value is -1.47. The minimum Gasteiger partial charge on any atom is -0.549 e. The summed E-state index contributed by atoms with van der Waals surface area (Å²) in [7, 11) is 1.44. The molecule has 0 aromatic carbocycles. The predicted octanol–water partition coefficient (Wildman–Crippen LogP) is -4.34. The zero-order chi connectivity index (χ0) is 20.8. The molecule has 0 aromatic rings. The molecule has 0 heterocycles. The molecular weight excluding hydrogens is 453 g/mol. The Morgan fingerprint density at radius 3 is 1.75 bits per heavy atom. The normalized spacial score (nSPS) is 10.6. The molecule has 0 aliphatic heterocycles. The van der Waals surface area contributed by atoms with Crippen molar-refractivity contribution in [2.75, 3.05) is 66.0 Å². The van der Waals surface area contributed by atoms with Crippen molar-refractivity contribution in [3.05, 3.63) is 0 Å². The second kappa shape index (κ2) is 16.5. The van der Waals surface area contributed by atoms with Crippen LogP contribution in [0.15, 0.2) is 0 Å². The number of carbonyl (C=O) groups is 4. The standard InChI is InChI=1S/C15H25N4O8.Y/c1-16-12(21)8-18(6-7-20)3-2-17(9-13(22)23)4-5-19(10-14(24)25)11-15(26)27;/h2-6,8-11H2,1H3,(H,16,21)(H,22,23)(H,24,25)(H,26,27);/q-1;/p-1. The quantitative estimate of drug-likeness (QED) is 0.184. The van der Waals surface area contributed by atoms with E-state index in [-0.39, 0.29) is 84.4 Å². The number of hydrogen-bond donors (Lipinski definition) is 3. The van der Waals surface area contributed by atoms with E-state index in [4.69, 9.17) is 10.2 Å². The van der Waals surface area contributed by atoms with Crippen molar-refractivity contribution in [2.24, 2.45) is 0 Å². The number of carboxylic acids is 3. The van der Waals surface area contributed by atoms with E-state index in [9.17, 15) is 29.1 Å². The van der Waals surface area contributed by atoms with Crippen LogP contribution in [0.1, 0.15) is 0 Å². The molecule has 0 saturated carbocycles. The number of nitrogens with zero attached hydrogens (tertiary/aromatic N) is 3. The fourth-order valence-corrected chi connectivity index (χ4v) is 2.20. The summed E-state index contributed by atoms with van der Waals surface area (Å²) in [6.07, 6.45) is 1.67. The van der Waals surface area contributed by atoms with Crippen LogP contribution in [0.3, 0.4) is 0 Å². The summed E-state index contributed by atoms with van der Waals surface area (Å²) in [4.78, 5) is 58.5. The molecule has 1 amide bonds. The van der Waals surface area contributed by atoms with Crippen LogP contribution >= 0.6 is 0 Å². The minimum atomic E-state index is -1.45. The van der Waals surface area contributed by atoms with Crippen molar-refractivity contribution in [1.82, 2.24) is 20.0 Å². The molecule has 0 saturated heterocycles. The first-order valence-corrected chi connectivity index (χ1v) is 8.04. The number of carbonyl (C=O) groups excluding carboxylic acids is 3. The first kappa shape index (κ1) is 28.7. The van der Waals surface area contributed by atoms with Crippen molar-refractivity contribution in [3.8, 4) is 0 Å². The van der Waals surface area contributed by atoms with Gasteiger partial charge in [0, 0.05) is 72.5 Å². The van der Waals surface area contributed by atoms with E-state index in [1.165, 1.54) is 16.8 Å². The zero-order valence-corrected chi connectivity index (χ0v) is 18.5. The van der Waals surface area contributed by atoms with Gasteiger partial charge in [-0.05, 0) is 0 Å². The van der Waals surface area contributed by atoms with Crippen LogP contribution < -0.4 is 10.4 Å². The van der Waals surface area contributed by atoms with Gasteiger partial charge in [-0.25, -0.2) is 6.29 Å². The van der Waals surface area contributed by atoms with Gasteiger partial charge >= 0.3 is 11.9 Å². The van der Waals surface area contributed by atoms with Gasteiger partial charge in [0.2, 0.25) is 5.91 Å². The first-order chi connectivity index (χ1) is 12.7. The Labute approximate surface area is 187 Å². The molecule has 28 heavy (non-hydrogen) atoms. The van der Waals surface area contributed by atoms with Gasteiger partial charge in [0.15, 0.2) is 0 Å². The second-order valence-electron chi connectivity index (χ2n) is 5.67. The van der Waals surface area contributed by atoms with Crippen LogP contribution in [0.4, 0.5) is 0 Å². The molecule has 0 aliphatic rings. The summed E-state index contributed by atoms with van der Waals surface area (Å²) in [5.41, 5.74) is 0. The van der Waals surface area contributed by atoms with E-state index in [0.717, 1.165) is 4.90 Å². The smallest absolute Gasteiger partial charge is 0.317 e. The fraction of sp³-hybridized carbons (Fsp3) is 0.667. The summed E-state index contributed by atoms with van der Waals surface area (Å²) in [6.45, 7) is -1.29. The summed E-state index contributed by atoms with van der Waals surface area (Å²) < 4.78 is 0. The van der Waals surface area contributed by atoms with Crippen LogP contribution in [0.2, 0.25) is 0 Å². The Kier molecular flexibility index (Phi) is 16.9. The Balaban J connectivity index is 0. The molecule has 0 rings (SSSR count). The van der Waals surface area contributed by atoms with Gasteiger partial charge in [-0.1, -0.05) is 6.54 Å². The van der Waals surface area contributed by atoms with Gasteiger partial charge in [-0.15, -0.1) is 0 Å². The van der Waals surface area contributed by atoms with E-state index in [2.05, 4.69) is 5.32 Å². The van der Waals surface area contributed by atoms with Crippen molar-refractivity contribution < 1.29 is 72.0 Å². The SMILES string of the molecule is CNC(=O)CN(C[C-]=O)CCN(CCN(CC(=O)[O-])CC(=O)O)CC(=O)O.[Y]. The molecule has 0 fully saturated rings. The Morgan fingerprint density at radius 2 is 1.32 bits per heavy atom. The molecule has 0 unspecified atom stereocenters. The monoisotopic (exact) mass is 477 g/mol. The maximum absolute atomic E-state index is 11.4. The van der Waals surface area contributed by atoms with E-state index in [1.54, 1.807) is 6.29 Å². The van der Waals surface area contributed by atoms with Crippen molar-refractivity contribution in [2.45, 2.75) is 0 Å². The molecule has 12 nitrogen and oxygen atoms in total. The summed E-state index contributed by atoms with van der Waals surface area (Å²) in [6, 6.07) is 0. The molecule has 0 aromatic heterocycles. The third-order valence-corrected chi connectivity index (χ3v) is 3.47. The Morgan fingerprint density at radius 1 is 0.857 bits per heavy atom. The van der Waals surface area contributed by atoms with Gasteiger partial charge < -0.3 is 35.1 Å². The van der Waals surface area contributed by atoms with Gasteiger partial charge in [-0.3, -0.25) is 24.2 Å². The van der Waals surface area contributed by atoms with Crippen LogP contribution in [-0.2, 0) is 56.7 Å². The molecule has 157 valence electrons. The molecule has 0 atom stereocenters. The first-order valence-electron chi connectivity index (χ1n) is 8.04. The number of nitrogens with one attached hydrogen (secondary N) is 1. The number of rotatable bonds is 16. The molecule has 0 aliphatic carbocycles. The molecular formula is C15H24N4O8Y-2. The average molecular weight is 477 g/mol. The largest absolute Gasteiger partial charge is 0.549 e. The molecule has 1 radical (unpaired) electrons. The summed E-state index contributed by atoms with van der Waals surface area (Å²) in [5, 5.41) is 30.9. The third-order valence-electron chi connectivity index (χ3n) is 3.47. The predicted molar refractivity (Wildman–Crippen MR) is 89.4 cm³/mol. The number of aliphatic carboxylic acids is 3. The van der Waals surface area contributed by atoms with Gasteiger partial charge in [-0.2, -0.15) is 0 Å². The van der Waals surface area contributed by atoms with Crippen molar-refractivity contribution in [3.63, 3.8) is 0 Å². The summed E-state index contributed by atoms with van der Waals surface area (Å²) in [5.74, 6) is -4.12. The number of amides is 1. The topological polar surface area (TPSA) is 171 Å². The van der Waals surface area contributed by atoms with Crippen LogP contribution in [-0.4, -0.2) is 121 Å². The van der Waals surface area contributed by atoms with Crippen LogP contribution in [0, 0.1) is 0 Å². The van der Waals surface area contributed by atoms with Gasteiger partial charge in [0.1, 0.15) is 0 Å². The molecule has 3 N–H and O–H groups in total. The van der Waals surface area contributed by atoms with Gasteiger partial charge in [0.05, 0.1) is 25.6 Å². The summed E-state index contributed by atoms with van der Waals surface area (Å²) >= 11 is 0. The maximum Gasteiger partial charge on any atom is 0.317 e. The maximum atomic E-state index is 11.4. The average Bonchev–Trinajstić information content (AvgIpc) is 2.55. The number of hydrogen-bond acceptors (Lipinski definition) is 9. The number of carboxylic acid groups (broad SMARTS) is 3. The van der Waals surface area contributed by atoms with E-state index < -0.39 is 31.0 Å². The second-order valence-corrected chi connectivity index (χ2v) is 5.67.